The van der Waals surface area contributed by atoms with E-state index in [0.29, 0.717) is 13.0 Å². The van der Waals surface area contributed by atoms with E-state index >= 15 is 0 Å². The van der Waals surface area contributed by atoms with Gasteiger partial charge in [-0.3, -0.25) is 4.79 Å². The van der Waals surface area contributed by atoms with Gasteiger partial charge >= 0.3 is 0 Å². The summed E-state index contributed by atoms with van der Waals surface area (Å²) in [5.41, 5.74) is 0. The lowest BCUT2D eigenvalue weighted by atomic mass is 10.2. The first-order valence-electron chi connectivity index (χ1n) is 5.16. The summed E-state index contributed by atoms with van der Waals surface area (Å²) in [5.74, 6) is 0.227. The Hall–Kier alpha value is 0.130. The number of rotatable bonds is 6. The average Bonchev–Trinajstić information content (AvgIpc) is 2.64. The molecule has 0 saturated carbocycles. The molecule has 0 atom stereocenters. The minimum Gasteiger partial charge on any atom is -0.341 e. The fraction of sp³-hybridized carbons (Fsp3) is 0.545. The van der Waals surface area contributed by atoms with Crippen molar-refractivity contribution < 1.29 is 4.79 Å². The number of nitrogens with zero attached hydrogens (tertiary/aromatic N) is 1. The van der Waals surface area contributed by atoms with E-state index in [4.69, 9.17) is 0 Å². The summed E-state index contributed by atoms with van der Waals surface area (Å²) in [6, 6.07) is 2.06. The second kappa shape index (κ2) is 7.45. The van der Waals surface area contributed by atoms with E-state index in [1.54, 1.807) is 16.2 Å². The summed E-state index contributed by atoms with van der Waals surface area (Å²) in [6.45, 7) is 0.712. The van der Waals surface area contributed by atoms with Crippen molar-refractivity contribution in [3.05, 3.63) is 20.8 Å². The largest absolute Gasteiger partial charge is 0.341 e. The molecule has 0 aromatic carbocycles. The molecule has 0 N–H and O–H groups in total. The third kappa shape index (κ3) is 4.97. The van der Waals surface area contributed by atoms with E-state index < -0.39 is 0 Å². The monoisotopic (exact) mass is 367 g/mol. The molecule has 0 fully saturated rings. The third-order valence-corrected chi connectivity index (χ3v) is 4.46. The molecule has 0 unspecified atom stereocenters. The second-order valence-corrected chi connectivity index (χ2v) is 6.33. The van der Waals surface area contributed by atoms with Crippen LogP contribution in [0, 0.1) is 0 Å². The fourth-order valence-corrected chi connectivity index (χ4v) is 3.22. The Bertz CT molecular complexity index is 340. The van der Waals surface area contributed by atoms with Crippen LogP contribution in [-0.2, 0) is 11.3 Å². The molecule has 0 radical (unpaired) electrons. The van der Waals surface area contributed by atoms with Crippen LogP contribution in [0.4, 0.5) is 0 Å². The van der Waals surface area contributed by atoms with Gasteiger partial charge in [0.1, 0.15) is 0 Å². The van der Waals surface area contributed by atoms with Crippen LogP contribution in [0.2, 0.25) is 0 Å². The van der Waals surface area contributed by atoms with Crippen molar-refractivity contribution in [1.29, 1.82) is 0 Å². The highest BCUT2D eigenvalue weighted by molar-refractivity contribution is 9.10. The number of hydrogen-bond donors (Lipinski definition) is 0. The maximum Gasteiger partial charge on any atom is 0.222 e. The minimum atomic E-state index is 0.227. The van der Waals surface area contributed by atoms with Crippen molar-refractivity contribution in [3.63, 3.8) is 0 Å². The summed E-state index contributed by atoms with van der Waals surface area (Å²) in [7, 11) is 1.87. The highest BCUT2D eigenvalue weighted by atomic mass is 79.9. The molecule has 0 aliphatic carbocycles. The SMILES string of the molecule is CN(Cc1cc(Br)cs1)C(=O)CCCCBr. The van der Waals surface area contributed by atoms with Crippen molar-refractivity contribution in [2.45, 2.75) is 25.8 Å². The molecule has 1 aromatic heterocycles. The molecule has 0 saturated heterocycles. The number of halogens is 2. The molecule has 0 spiro atoms. The van der Waals surface area contributed by atoms with Gasteiger partial charge in [-0.25, -0.2) is 0 Å². The maximum absolute atomic E-state index is 11.7. The molecule has 1 aromatic rings. The lowest BCUT2D eigenvalue weighted by Gasteiger charge is -2.15. The van der Waals surface area contributed by atoms with Crippen molar-refractivity contribution in [3.8, 4) is 0 Å². The Morgan fingerprint density at radius 2 is 2.25 bits per heavy atom. The average molecular weight is 369 g/mol. The smallest absolute Gasteiger partial charge is 0.222 e. The summed E-state index contributed by atoms with van der Waals surface area (Å²) in [6.07, 6.45) is 2.67. The van der Waals surface area contributed by atoms with E-state index in [1.165, 1.54) is 4.88 Å². The number of carbonyl (C=O) groups excluding carboxylic acids is 1. The molecule has 16 heavy (non-hydrogen) atoms. The molecular formula is C11H15Br2NOS. The number of amides is 1. The summed E-state index contributed by atoms with van der Waals surface area (Å²) in [5, 5.41) is 3.01. The van der Waals surface area contributed by atoms with Crippen LogP contribution in [-0.4, -0.2) is 23.2 Å². The van der Waals surface area contributed by atoms with E-state index in [1.807, 2.05) is 12.4 Å². The molecule has 0 aliphatic heterocycles. The molecular weight excluding hydrogens is 354 g/mol. The topological polar surface area (TPSA) is 20.3 Å². The van der Waals surface area contributed by atoms with Crippen molar-refractivity contribution in [2.75, 3.05) is 12.4 Å². The Balaban J connectivity index is 2.34. The van der Waals surface area contributed by atoms with Gasteiger partial charge in [-0.1, -0.05) is 15.9 Å². The third-order valence-electron chi connectivity index (χ3n) is 2.21. The van der Waals surface area contributed by atoms with Gasteiger partial charge in [0, 0.05) is 33.5 Å². The summed E-state index contributed by atoms with van der Waals surface area (Å²) >= 11 is 8.45. The lowest BCUT2D eigenvalue weighted by Crippen LogP contribution is -2.25. The quantitative estimate of drug-likeness (QED) is 0.548. The van der Waals surface area contributed by atoms with Gasteiger partial charge in [-0.05, 0) is 34.8 Å². The van der Waals surface area contributed by atoms with Crippen LogP contribution in [0.5, 0.6) is 0 Å². The number of alkyl halides is 1. The van der Waals surface area contributed by atoms with Crippen LogP contribution >= 0.6 is 43.2 Å². The Morgan fingerprint density at radius 1 is 1.50 bits per heavy atom. The van der Waals surface area contributed by atoms with Crippen molar-refractivity contribution >= 4 is 49.1 Å². The Kier molecular flexibility index (Phi) is 6.61. The van der Waals surface area contributed by atoms with E-state index in [-0.39, 0.29) is 5.91 Å². The zero-order valence-electron chi connectivity index (χ0n) is 9.21. The van der Waals surface area contributed by atoms with Crippen LogP contribution < -0.4 is 0 Å². The van der Waals surface area contributed by atoms with Gasteiger partial charge in [0.25, 0.3) is 0 Å². The first kappa shape index (κ1) is 14.2. The first-order chi connectivity index (χ1) is 7.63. The predicted molar refractivity (Wildman–Crippen MR) is 76.1 cm³/mol. The Morgan fingerprint density at radius 3 is 2.81 bits per heavy atom. The van der Waals surface area contributed by atoms with E-state index in [9.17, 15) is 4.79 Å². The number of hydrogen-bond acceptors (Lipinski definition) is 2. The van der Waals surface area contributed by atoms with Crippen LogP contribution in [0.25, 0.3) is 0 Å². The zero-order valence-corrected chi connectivity index (χ0v) is 13.2. The van der Waals surface area contributed by atoms with Gasteiger partial charge in [-0.15, -0.1) is 11.3 Å². The molecule has 1 heterocycles. The van der Waals surface area contributed by atoms with E-state index in [0.717, 1.165) is 22.6 Å². The van der Waals surface area contributed by atoms with Crippen LogP contribution in [0.15, 0.2) is 15.9 Å². The normalized spacial score (nSPS) is 10.4. The molecule has 0 bridgehead atoms. The highest BCUT2D eigenvalue weighted by Crippen LogP contribution is 2.21. The van der Waals surface area contributed by atoms with E-state index in [2.05, 4.69) is 37.9 Å². The standard InChI is InChI=1S/C11H15Br2NOS/c1-14(11(15)4-2-3-5-12)7-10-6-9(13)8-16-10/h6,8H,2-5,7H2,1H3. The van der Waals surface area contributed by atoms with Crippen LogP contribution in [0.3, 0.4) is 0 Å². The number of thiophene rings is 1. The summed E-state index contributed by atoms with van der Waals surface area (Å²) in [4.78, 5) is 14.7. The van der Waals surface area contributed by atoms with Gasteiger partial charge < -0.3 is 4.90 Å². The van der Waals surface area contributed by atoms with Gasteiger partial charge in [0.05, 0.1) is 6.54 Å². The van der Waals surface area contributed by atoms with Gasteiger partial charge in [-0.2, -0.15) is 0 Å². The molecule has 90 valence electrons. The summed E-state index contributed by atoms with van der Waals surface area (Å²) < 4.78 is 1.09. The fourth-order valence-electron chi connectivity index (χ4n) is 1.32. The zero-order chi connectivity index (χ0) is 12.0. The molecule has 2 nitrogen and oxygen atoms in total. The van der Waals surface area contributed by atoms with Crippen molar-refractivity contribution in [1.82, 2.24) is 4.90 Å². The van der Waals surface area contributed by atoms with Gasteiger partial charge in [0.2, 0.25) is 5.91 Å². The van der Waals surface area contributed by atoms with Gasteiger partial charge in [0.15, 0.2) is 0 Å². The molecule has 1 amide bonds. The maximum atomic E-state index is 11.7. The first-order valence-corrected chi connectivity index (χ1v) is 7.95. The highest BCUT2D eigenvalue weighted by Gasteiger charge is 2.09. The minimum absolute atomic E-state index is 0.227. The van der Waals surface area contributed by atoms with Crippen LogP contribution in [0.1, 0.15) is 24.1 Å². The number of carbonyl (C=O) groups is 1. The predicted octanol–water partition coefficient (Wildman–Crippen LogP) is 4.03. The molecule has 1 rings (SSSR count). The Labute approximate surface area is 117 Å². The second-order valence-electron chi connectivity index (χ2n) is 3.63. The van der Waals surface area contributed by atoms with Crippen molar-refractivity contribution in [2.24, 2.45) is 0 Å². The molecule has 0 aliphatic rings. The molecule has 5 heteroatoms. The number of unbranched alkanes of at least 4 members (excludes halogenated alkanes) is 1. The lowest BCUT2D eigenvalue weighted by molar-refractivity contribution is -0.130.